The number of rotatable bonds is 9. The predicted octanol–water partition coefficient (Wildman–Crippen LogP) is 6.57. The van der Waals surface area contributed by atoms with Gasteiger partial charge in [0.2, 0.25) is 5.91 Å². The number of fused-ring (bicyclic) bond motifs is 1. The summed E-state index contributed by atoms with van der Waals surface area (Å²) in [6, 6.07) is 6.22. The molecule has 2 heterocycles. The van der Waals surface area contributed by atoms with Gasteiger partial charge in [0.25, 0.3) is 0 Å². The Morgan fingerprint density at radius 1 is 1.03 bits per heavy atom. The molecule has 1 aromatic carbocycles. The molecule has 204 valence electrons. The highest BCUT2D eigenvalue weighted by Crippen LogP contribution is 2.35. The first kappa shape index (κ1) is 27.0. The molecule has 0 radical (unpaired) electrons. The van der Waals surface area contributed by atoms with Gasteiger partial charge in [0.05, 0.1) is 5.69 Å². The van der Waals surface area contributed by atoms with E-state index in [4.69, 9.17) is 20.9 Å². The van der Waals surface area contributed by atoms with Crippen LogP contribution in [0.5, 0.6) is 0 Å². The second-order valence-electron chi connectivity index (χ2n) is 11.9. The molecular formula is C30H44ClN3O3. The largest absolute Gasteiger partial charge is 0.384 e. The third-order valence-corrected chi connectivity index (χ3v) is 9.58. The van der Waals surface area contributed by atoms with Gasteiger partial charge >= 0.3 is 0 Å². The number of methoxy groups -OCH3 is 1. The molecule has 7 heteroatoms. The Kier molecular flexibility index (Phi) is 9.43. The van der Waals surface area contributed by atoms with E-state index in [1.165, 1.54) is 51.5 Å². The summed E-state index contributed by atoms with van der Waals surface area (Å²) in [5, 5.41) is 9.56. The lowest BCUT2D eigenvalue weighted by atomic mass is 9.80. The second-order valence-corrected chi connectivity index (χ2v) is 12.4. The molecule has 0 bridgehead atoms. The van der Waals surface area contributed by atoms with Crippen LogP contribution in [-0.4, -0.2) is 55.4 Å². The average molecular weight is 530 g/mol. The first-order valence-corrected chi connectivity index (χ1v) is 15.0. The number of halogens is 1. The summed E-state index contributed by atoms with van der Waals surface area (Å²) >= 11 is 6.09. The number of likely N-dealkylation sites (tertiary alicyclic amines) is 1. The molecule has 0 atom stereocenters. The number of piperidine rings is 1. The van der Waals surface area contributed by atoms with E-state index in [9.17, 15) is 4.79 Å². The van der Waals surface area contributed by atoms with Crippen LogP contribution in [0.2, 0.25) is 5.02 Å². The summed E-state index contributed by atoms with van der Waals surface area (Å²) in [7, 11) is 1.79. The Morgan fingerprint density at radius 3 is 2.46 bits per heavy atom. The Hall–Kier alpha value is -1.63. The molecule has 1 aliphatic heterocycles. The number of nitrogens with one attached hydrogen (secondary N) is 1. The minimum Gasteiger partial charge on any atom is -0.384 e. The van der Waals surface area contributed by atoms with E-state index in [2.05, 4.69) is 15.4 Å². The molecule has 2 saturated carbocycles. The van der Waals surface area contributed by atoms with E-state index >= 15 is 0 Å². The van der Waals surface area contributed by atoms with Crippen LogP contribution in [0, 0.1) is 17.8 Å². The highest BCUT2D eigenvalue weighted by molar-refractivity contribution is 6.31. The van der Waals surface area contributed by atoms with Gasteiger partial charge in [-0.05, 0) is 120 Å². The van der Waals surface area contributed by atoms with Gasteiger partial charge in [-0.1, -0.05) is 16.8 Å². The Labute approximate surface area is 226 Å². The molecule has 2 aliphatic carbocycles. The number of carbonyl (C=O) groups excluding carboxylic acids is 1. The summed E-state index contributed by atoms with van der Waals surface area (Å²) in [5.74, 6) is 2.81. The molecular weight excluding hydrogens is 486 g/mol. The van der Waals surface area contributed by atoms with Crippen LogP contribution in [0.1, 0.15) is 88.7 Å². The molecule has 2 aromatic rings. The minimum absolute atomic E-state index is 0.282. The SMILES string of the molecule is COC[C@H]1CC[C@H](CC(=O)NC2CCC(CCN3CCC(c4noc5cc(Cl)ccc45)CC3)CC2)CC1. The zero-order valence-electron chi connectivity index (χ0n) is 22.4. The summed E-state index contributed by atoms with van der Waals surface area (Å²) in [4.78, 5) is 15.3. The number of hydrogen-bond acceptors (Lipinski definition) is 5. The third kappa shape index (κ3) is 7.27. The lowest BCUT2D eigenvalue weighted by molar-refractivity contribution is -0.123. The van der Waals surface area contributed by atoms with Gasteiger partial charge < -0.3 is 19.5 Å². The zero-order valence-corrected chi connectivity index (χ0v) is 23.2. The van der Waals surface area contributed by atoms with Gasteiger partial charge in [0.1, 0.15) is 0 Å². The van der Waals surface area contributed by atoms with E-state index in [1.807, 2.05) is 18.2 Å². The van der Waals surface area contributed by atoms with Crippen molar-refractivity contribution in [1.82, 2.24) is 15.4 Å². The van der Waals surface area contributed by atoms with Gasteiger partial charge in [0.15, 0.2) is 5.58 Å². The van der Waals surface area contributed by atoms with Gasteiger partial charge in [-0.2, -0.15) is 0 Å². The van der Waals surface area contributed by atoms with E-state index in [-0.39, 0.29) is 5.91 Å². The number of ether oxygens (including phenoxy) is 1. The van der Waals surface area contributed by atoms with Crippen LogP contribution in [0.4, 0.5) is 0 Å². The molecule has 1 saturated heterocycles. The van der Waals surface area contributed by atoms with Crippen molar-refractivity contribution in [3.63, 3.8) is 0 Å². The standard InChI is InChI=1S/C30H44ClN3O3/c1-36-20-23-4-2-22(3-5-23)18-29(35)32-26-9-6-21(7-10-26)12-15-34-16-13-24(14-17-34)30-27-11-8-25(31)19-28(27)37-33-30/h8,11,19,21-24,26H,2-7,9-10,12-18,20H2,1H3,(H,32,35)/t21?,22-,23-,26?. The van der Waals surface area contributed by atoms with E-state index in [0.29, 0.717) is 35.2 Å². The molecule has 3 fully saturated rings. The van der Waals surface area contributed by atoms with Crippen molar-refractivity contribution in [3.8, 4) is 0 Å². The van der Waals surface area contributed by atoms with E-state index < -0.39 is 0 Å². The van der Waals surface area contributed by atoms with Gasteiger partial charge in [-0.25, -0.2) is 0 Å². The van der Waals surface area contributed by atoms with E-state index in [0.717, 1.165) is 68.0 Å². The first-order valence-electron chi connectivity index (χ1n) is 14.6. The maximum absolute atomic E-state index is 12.6. The van der Waals surface area contributed by atoms with Crippen LogP contribution in [0.3, 0.4) is 0 Å². The molecule has 1 aromatic heterocycles. The zero-order chi connectivity index (χ0) is 25.6. The van der Waals surface area contributed by atoms with Crippen molar-refractivity contribution in [2.24, 2.45) is 17.8 Å². The number of hydrogen-bond donors (Lipinski definition) is 1. The van der Waals surface area contributed by atoms with Crippen molar-refractivity contribution >= 4 is 28.5 Å². The quantitative estimate of drug-likeness (QED) is 0.398. The second kappa shape index (κ2) is 12.9. The molecule has 6 nitrogen and oxygen atoms in total. The van der Waals surface area contributed by atoms with Crippen molar-refractivity contribution in [1.29, 1.82) is 0 Å². The normalized spacial score (nSPS) is 27.9. The van der Waals surface area contributed by atoms with Crippen LogP contribution in [0.15, 0.2) is 22.7 Å². The smallest absolute Gasteiger partial charge is 0.220 e. The summed E-state index contributed by atoms with van der Waals surface area (Å²) < 4.78 is 10.8. The average Bonchev–Trinajstić information content (AvgIpc) is 3.33. The van der Waals surface area contributed by atoms with E-state index in [1.54, 1.807) is 7.11 Å². The number of benzene rings is 1. The Balaban J connectivity index is 0.963. The Bertz CT molecular complexity index is 1000. The minimum atomic E-state index is 0.282. The molecule has 3 aliphatic rings. The molecule has 1 amide bonds. The highest BCUT2D eigenvalue weighted by atomic mass is 35.5. The van der Waals surface area contributed by atoms with Crippen molar-refractivity contribution < 1.29 is 14.1 Å². The van der Waals surface area contributed by atoms with Crippen LogP contribution >= 0.6 is 11.6 Å². The number of aromatic nitrogens is 1. The molecule has 37 heavy (non-hydrogen) atoms. The fraction of sp³-hybridized carbons (Fsp3) is 0.733. The van der Waals surface area contributed by atoms with Gasteiger partial charge in [-0.15, -0.1) is 0 Å². The fourth-order valence-corrected chi connectivity index (χ4v) is 7.16. The summed E-state index contributed by atoms with van der Waals surface area (Å²) in [6.07, 6.45) is 13.8. The predicted molar refractivity (Wildman–Crippen MR) is 148 cm³/mol. The lowest BCUT2D eigenvalue weighted by Crippen LogP contribution is -2.39. The monoisotopic (exact) mass is 529 g/mol. The summed E-state index contributed by atoms with van der Waals surface area (Å²) in [6.45, 7) is 4.32. The first-order chi connectivity index (χ1) is 18.1. The van der Waals surface area contributed by atoms with Crippen LogP contribution < -0.4 is 5.32 Å². The van der Waals surface area contributed by atoms with Crippen LogP contribution in [-0.2, 0) is 9.53 Å². The molecule has 5 rings (SSSR count). The molecule has 0 spiro atoms. The topological polar surface area (TPSA) is 67.6 Å². The number of nitrogens with zero attached hydrogens (tertiary/aromatic N) is 2. The van der Waals surface area contributed by atoms with Gasteiger partial charge in [-0.3, -0.25) is 4.79 Å². The Morgan fingerprint density at radius 2 is 1.73 bits per heavy atom. The van der Waals surface area contributed by atoms with Gasteiger partial charge in [0, 0.05) is 48.6 Å². The van der Waals surface area contributed by atoms with Crippen molar-refractivity contribution in [2.75, 3.05) is 33.4 Å². The maximum Gasteiger partial charge on any atom is 0.220 e. The van der Waals surface area contributed by atoms with Crippen LogP contribution in [0.25, 0.3) is 11.0 Å². The highest BCUT2D eigenvalue weighted by Gasteiger charge is 2.28. The summed E-state index contributed by atoms with van der Waals surface area (Å²) in [5.41, 5.74) is 1.90. The lowest BCUT2D eigenvalue weighted by Gasteiger charge is -2.34. The number of carbonyl (C=O) groups is 1. The van der Waals surface area contributed by atoms with Crippen molar-refractivity contribution in [3.05, 3.63) is 28.9 Å². The van der Waals surface area contributed by atoms with Crippen molar-refractivity contribution in [2.45, 2.75) is 89.0 Å². The third-order valence-electron chi connectivity index (χ3n) is 9.34. The molecule has 1 N–H and O–H groups in total. The molecule has 0 unspecified atom stereocenters. The number of amides is 1. The fourth-order valence-electron chi connectivity index (χ4n) is 7.00. The maximum atomic E-state index is 12.6.